The number of hydrogen-bond acceptors (Lipinski definition) is 3. The first-order valence-electron chi connectivity index (χ1n) is 9.51. The monoisotopic (exact) mass is 375 g/mol. The zero-order chi connectivity index (χ0) is 19.9. The average Bonchev–Trinajstić information content (AvgIpc) is 2.96. The number of amides is 2. The Morgan fingerprint density at radius 1 is 1.25 bits per heavy atom. The summed E-state index contributed by atoms with van der Waals surface area (Å²) in [6.45, 7) is 8.90. The number of nitrogens with one attached hydrogen (secondary N) is 1. The van der Waals surface area contributed by atoms with Gasteiger partial charge >= 0.3 is 0 Å². The van der Waals surface area contributed by atoms with Gasteiger partial charge in [-0.15, -0.1) is 0 Å². The minimum absolute atomic E-state index is 0.00500. The van der Waals surface area contributed by atoms with Gasteiger partial charge in [0.05, 0.1) is 0 Å². The van der Waals surface area contributed by atoms with Crippen LogP contribution in [0.5, 0.6) is 0 Å². The molecule has 0 aromatic carbocycles. The molecule has 3 heterocycles. The first-order valence-corrected chi connectivity index (χ1v) is 9.51. The van der Waals surface area contributed by atoms with E-state index in [9.17, 15) is 9.59 Å². The van der Waals surface area contributed by atoms with E-state index in [0.717, 1.165) is 36.1 Å². The molecule has 2 amide bonds. The summed E-state index contributed by atoms with van der Waals surface area (Å²) in [5.41, 5.74) is 4.13. The second-order valence-electron chi connectivity index (χ2n) is 6.84. The molecule has 3 rings (SSSR count). The van der Waals surface area contributed by atoms with Gasteiger partial charge in [-0.25, -0.2) is 4.98 Å². The van der Waals surface area contributed by atoms with Crippen LogP contribution in [0.3, 0.4) is 0 Å². The fourth-order valence-electron chi connectivity index (χ4n) is 3.41. The Hall–Kier alpha value is -3.21. The fourth-order valence-corrected chi connectivity index (χ4v) is 3.41. The maximum atomic E-state index is 12.6. The van der Waals surface area contributed by atoms with Crippen LogP contribution in [0, 0.1) is 0 Å². The zero-order valence-corrected chi connectivity index (χ0v) is 16.0. The Balaban J connectivity index is 1.67. The van der Waals surface area contributed by atoms with Crippen LogP contribution >= 0.6 is 0 Å². The Morgan fingerprint density at radius 3 is 2.89 bits per heavy atom. The van der Waals surface area contributed by atoms with E-state index < -0.39 is 0 Å². The number of carbonyl (C=O) groups excluding carboxylic acids is 2. The molecule has 1 N–H and O–H groups in total. The van der Waals surface area contributed by atoms with E-state index in [0.29, 0.717) is 25.2 Å². The lowest BCUT2D eigenvalue weighted by atomic mass is 10.0. The third-order valence-electron chi connectivity index (χ3n) is 4.92. The van der Waals surface area contributed by atoms with Gasteiger partial charge in [-0.05, 0) is 53.7 Å². The van der Waals surface area contributed by atoms with Gasteiger partial charge in [0.2, 0.25) is 11.8 Å². The molecule has 144 valence electrons. The highest BCUT2D eigenvalue weighted by atomic mass is 16.2. The van der Waals surface area contributed by atoms with Gasteiger partial charge in [-0.1, -0.05) is 37.5 Å². The topological polar surface area (TPSA) is 62.3 Å². The van der Waals surface area contributed by atoms with Crippen molar-refractivity contribution in [3.05, 3.63) is 78.1 Å². The lowest BCUT2D eigenvalue weighted by molar-refractivity contribution is -0.125. The van der Waals surface area contributed by atoms with Crippen LogP contribution in [0.2, 0.25) is 0 Å². The van der Waals surface area contributed by atoms with E-state index in [2.05, 4.69) is 29.5 Å². The number of aryl methyl sites for hydroxylation is 1. The summed E-state index contributed by atoms with van der Waals surface area (Å²) in [5.74, 6) is 0.599. The SMILES string of the molecule is C=C/C=C(\C=C)C1=CCN(C(=O)/C=C/c2cnc3c(c2)CCC(=O)N3)CCC1. The van der Waals surface area contributed by atoms with Crippen molar-refractivity contribution in [1.29, 1.82) is 0 Å². The van der Waals surface area contributed by atoms with Crippen LogP contribution in [0.1, 0.15) is 30.4 Å². The first-order chi connectivity index (χ1) is 13.6. The molecule has 28 heavy (non-hydrogen) atoms. The van der Waals surface area contributed by atoms with Crippen molar-refractivity contribution in [2.45, 2.75) is 25.7 Å². The van der Waals surface area contributed by atoms with Crippen LogP contribution in [-0.4, -0.2) is 34.8 Å². The van der Waals surface area contributed by atoms with Crippen LogP contribution < -0.4 is 5.32 Å². The minimum atomic E-state index is -0.0172. The maximum Gasteiger partial charge on any atom is 0.246 e. The molecule has 5 nitrogen and oxygen atoms in total. The number of rotatable bonds is 5. The Kier molecular flexibility index (Phi) is 6.37. The molecule has 0 fully saturated rings. The highest BCUT2D eigenvalue weighted by molar-refractivity contribution is 5.94. The summed E-state index contributed by atoms with van der Waals surface area (Å²) in [6, 6.07) is 1.97. The van der Waals surface area contributed by atoms with Crippen molar-refractivity contribution in [3.8, 4) is 0 Å². The summed E-state index contributed by atoms with van der Waals surface area (Å²) >= 11 is 0. The number of carbonyl (C=O) groups is 2. The molecule has 0 saturated heterocycles. The molecule has 1 aromatic rings. The van der Waals surface area contributed by atoms with E-state index in [1.807, 2.05) is 23.1 Å². The van der Waals surface area contributed by atoms with E-state index >= 15 is 0 Å². The van der Waals surface area contributed by atoms with Crippen molar-refractivity contribution in [1.82, 2.24) is 9.88 Å². The van der Waals surface area contributed by atoms with Crippen LogP contribution in [-0.2, 0) is 16.0 Å². The van der Waals surface area contributed by atoms with Crippen molar-refractivity contribution >= 4 is 23.7 Å². The molecular weight excluding hydrogens is 350 g/mol. The highest BCUT2D eigenvalue weighted by Crippen LogP contribution is 2.22. The smallest absolute Gasteiger partial charge is 0.246 e. The molecular formula is C23H25N3O2. The Morgan fingerprint density at radius 2 is 2.11 bits per heavy atom. The Bertz CT molecular complexity index is 893. The molecule has 0 atom stereocenters. The van der Waals surface area contributed by atoms with E-state index in [4.69, 9.17) is 0 Å². The molecule has 0 unspecified atom stereocenters. The number of aromatic nitrogens is 1. The van der Waals surface area contributed by atoms with Gasteiger partial charge in [0.15, 0.2) is 0 Å². The Labute approximate surface area is 165 Å². The summed E-state index contributed by atoms with van der Waals surface area (Å²) in [5, 5.41) is 2.76. The summed E-state index contributed by atoms with van der Waals surface area (Å²) < 4.78 is 0. The van der Waals surface area contributed by atoms with Crippen molar-refractivity contribution in [3.63, 3.8) is 0 Å². The third kappa shape index (κ3) is 4.74. The van der Waals surface area contributed by atoms with Crippen LogP contribution in [0.15, 0.2) is 66.9 Å². The lowest BCUT2D eigenvalue weighted by Gasteiger charge is -2.17. The van der Waals surface area contributed by atoms with Gasteiger partial charge in [0, 0.05) is 31.8 Å². The lowest BCUT2D eigenvalue weighted by Crippen LogP contribution is -2.29. The van der Waals surface area contributed by atoms with Gasteiger partial charge in [0.25, 0.3) is 0 Å². The average molecular weight is 375 g/mol. The van der Waals surface area contributed by atoms with Gasteiger partial charge < -0.3 is 10.2 Å². The van der Waals surface area contributed by atoms with E-state index in [1.165, 1.54) is 5.57 Å². The van der Waals surface area contributed by atoms with Gasteiger partial charge in [-0.3, -0.25) is 9.59 Å². The number of fused-ring (bicyclic) bond motifs is 1. The summed E-state index contributed by atoms with van der Waals surface area (Å²) in [7, 11) is 0. The standard InChI is InChI=1S/C23H25N3O2/c1-3-6-18(4-2)19-7-5-13-26(14-12-19)22(28)11-8-17-15-20-9-10-21(27)25-23(20)24-16-17/h3-4,6,8,11-12,15-16H,1-2,5,7,9-10,13-14H2,(H,24,25,27)/b11-8+,18-6+. The molecule has 0 aliphatic carbocycles. The number of allylic oxidation sites excluding steroid dienone is 5. The molecule has 0 bridgehead atoms. The first kappa shape index (κ1) is 19.5. The van der Waals surface area contributed by atoms with Crippen LogP contribution in [0.25, 0.3) is 6.08 Å². The van der Waals surface area contributed by atoms with Crippen molar-refractivity contribution in [2.75, 3.05) is 18.4 Å². The largest absolute Gasteiger partial charge is 0.335 e. The fraction of sp³-hybridized carbons (Fsp3) is 0.261. The van der Waals surface area contributed by atoms with E-state index in [-0.39, 0.29) is 11.8 Å². The predicted octanol–water partition coefficient (Wildman–Crippen LogP) is 3.83. The number of nitrogens with zero attached hydrogens (tertiary/aromatic N) is 2. The highest BCUT2D eigenvalue weighted by Gasteiger charge is 2.16. The molecule has 5 heteroatoms. The number of hydrogen-bond donors (Lipinski definition) is 1. The van der Waals surface area contributed by atoms with E-state index in [1.54, 1.807) is 24.4 Å². The van der Waals surface area contributed by atoms with Crippen molar-refractivity contribution < 1.29 is 9.59 Å². The maximum absolute atomic E-state index is 12.6. The normalized spacial score (nSPS) is 17.4. The molecule has 0 spiro atoms. The predicted molar refractivity (Wildman–Crippen MR) is 113 cm³/mol. The van der Waals surface area contributed by atoms with Crippen molar-refractivity contribution in [2.24, 2.45) is 0 Å². The zero-order valence-electron chi connectivity index (χ0n) is 16.0. The quantitative estimate of drug-likeness (QED) is 0.628. The molecule has 2 aliphatic heterocycles. The number of anilines is 1. The third-order valence-corrected chi connectivity index (χ3v) is 4.92. The molecule has 1 aromatic heterocycles. The molecule has 0 saturated carbocycles. The minimum Gasteiger partial charge on any atom is -0.335 e. The molecule has 2 aliphatic rings. The summed E-state index contributed by atoms with van der Waals surface area (Å²) in [6.07, 6.45) is 15.7. The summed E-state index contributed by atoms with van der Waals surface area (Å²) in [4.78, 5) is 30.2. The number of pyridine rings is 1. The molecule has 0 radical (unpaired) electrons. The second kappa shape index (κ2) is 9.13. The second-order valence-corrected chi connectivity index (χ2v) is 6.84. The van der Waals surface area contributed by atoms with Crippen LogP contribution in [0.4, 0.5) is 5.82 Å². The van der Waals surface area contributed by atoms with Gasteiger partial charge in [0.1, 0.15) is 5.82 Å². The van der Waals surface area contributed by atoms with Gasteiger partial charge in [-0.2, -0.15) is 0 Å².